The van der Waals surface area contributed by atoms with E-state index in [0.717, 1.165) is 12.7 Å². The predicted octanol–water partition coefficient (Wildman–Crippen LogP) is 0.335. The molecule has 3 atom stereocenters. The number of hydrogen-bond acceptors (Lipinski definition) is 5. The molecule has 3 unspecified atom stereocenters. The largest absolute Gasteiger partial charge is 0.356 e. The van der Waals surface area contributed by atoms with Crippen molar-refractivity contribution in [1.29, 1.82) is 0 Å². The fourth-order valence-electron chi connectivity index (χ4n) is 2.89. The van der Waals surface area contributed by atoms with Crippen molar-refractivity contribution in [2.45, 2.75) is 45.1 Å². The molecule has 2 aliphatic heterocycles. The Balaban J connectivity index is 2.12. The van der Waals surface area contributed by atoms with Crippen molar-refractivity contribution in [3.05, 3.63) is 0 Å². The second-order valence-corrected chi connectivity index (χ2v) is 6.99. The van der Waals surface area contributed by atoms with Crippen LogP contribution in [0.4, 0.5) is 0 Å². The number of nitrogens with zero attached hydrogens (tertiary/aromatic N) is 1. The highest BCUT2D eigenvalue weighted by molar-refractivity contribution is 7.86. The number of carbonyl (C=O) groups excluding carboxylic acids is 1. The van der Waals surface area contributed by atoms with Crippen LogP contribution in [0, 0.1) is 5.92 Å². The van der Waals surface area contributed by atoms with Gasteiger partial charge in [-0.2, -0.15) is 8.42 Å². The number of rotatable bonds is 3. The van der Waals surface area contributed by atoms with Crippen molar-refractivity contribution in [1.82, 2.24) is 4.90 Å². The summed E-state index contributed by atoms with van der Waals surface area (Å²) in [6, 6.07) is 0.0120. The molecule has 2 rings (SSSR count). The van der Waals surface area contributed by atoms with Crippen LogP contribution in [0.25, 0.3) is 0 Å². The Labute approximate surface area is 107 Å². The molecule has 0 spiro atoms. The molecule has 0 saturated carbocycles. The molecule has 0 aliphatic carbocycles. The number of ether oxygens (including phenoxy) is 1. The Morgan fingerprint density at radius 3 is 2.67 bits per heavy atom. The van der Waals surface area contributed by atoms with Crippen molar-refractivity contribution in [3.8, 4) is 0 Å². The van der Waals surface area contributed by atoms with E-state index in [1.807, 2.05) is 13.8 Å². The summed E-state index contributed by atoms with van der Waals surface area (Å²) in [7, 11) is -3.54. The van der Waals surface area contributed by atoms with E-state index in [1.54, 1.807) is 11.8 Å². The first-order valence-corrected chi connectivity index (χ1v) is 7.80. The first-order valence-electron chi connectivity index (χ1n) is 5.99. The Bertz CT molecular complexity index is 458. The van der Waals surface area contributed by atoms with Crippen LogP contribution in [-0.4, -0.2) is 50.0 Å². The first kappa shape index (κ1) is 13.8. The van der Waals surface area contributed by atoms with Crippen LogP contribution in [0.15, 0.2) is 0 Å². The van der Waals surface area contributed by atoms with Crippen molar-refractivity contribution < 1.29 is 22.1 Å². The minimum Gasteiger partial charge on any atom is -0.356 e. The van der Waals surface area contributed by atoms with Crippen LogP contribution < -0.4 is 0 Å². The smallest absolute Gasteiger partial charge is 0.264 e. The summed E-state index contributed by atoms with van der Waals surface area (Å²) in [5.74, 6) is -0.483. The average molecular weight is 277 g/mol. The molecule has 0 N–H and O–H groups in total. The van der Waals surface area contributed by atoms with Crippen molar-refractivity contribution in [3.63, 3.8) is 0 Å². The van der Waals surface area contributed by atoms with E-state index in [-0.39, 0.29) is 17.9 Å². The van der Waals surface area contributed by atoms with Crippen LogP contribution in [0.2, 0.25) is 0 Å². The minimum atomic E-state index is -3.54. The van der Waals surface area contributed by atoms with Gasteiger partial charge < -0.3 is 9.64 Å². The monoisotopic (exact) mass is 277 g/mol. The van der Waals surface area contributed by atoms with E-state index in [2.05, 4.69) is 0 Å². The Morgan fingerprint density at radius 1 is 1.50 bits per heavy atom. The number of fused-ring (bicyclic) bond motifs is 1. The molecular weight excluding hydrogens is 258 g/mol. The standard InChI is InChI=1S/C11H19NO5S/c1-7(17-18(4,14)15)9-8-5-6-16-11(2,3)12(8)10(9)13/h7-9H,5-6H2,1-4H3. The molecule has 0 aromatic carbocycles. The fraction of sp³-hybridized carbons (Fsp3) is 0.909. The third-order valence-corrected chi connectivity index (χ3v) is 4.20. The predicted molar refractivity (Wildman–Crippen MR) is 64.2 cm³/mol. The van der Waals surface area contributed by atoms with E-state index >= 15 is 0 Å². The highest BCUT2D eigenvalue weighted by Crippen LogP contribution is 2.42. The van der Waals surface area contributed by atoms with Crippen molar-refractivity contribution in [2.24, 2.45) is 5.92 Å². The summed E-state index contributed by atoms with van der Waals surface area (Å²) in [5, 5.41) is 0. The lowest BCUT2D eigenvalue weighted by molar-refractivity contribution is -0.239. The summed E-state index contributed by atoms with van der Waals surface area (Å²) in [6.07, 6.45) is 1.10. The lowest BCUT2D eigenvalue weighted by Gasteiger charge is -2.58. The third-order valence-electron chi connectivity index (χ3n) is 3.55. The third kappa shape index (κ3) is 2.26. The van der Waals surface area contributed by atoms with Crippen LogP contribution in [0.3, 0.4) is 0 Å². The molecule has 18 heavy (non-hydrogen) atoms. The van der Waals surface area contributed by atoms with Crippen LogP contribution in [0.1, 0.15) is 27.2 Å². The molecule has 6 nitrogen and oxygen atoms in total. The lowest BCUT2D eigenvalue weighted by Crippen LogP contribution is -2.73. The molecule has 2 saturated heterocycles. The van der Waals surface area contributed by atoms with Gasteiger partial charge in [0.15, 0.2) is 0 Å². The zero-order valence-electron chi connectivity index (χ0n) is 11.0. The summed E-state index contributed by atoms with van der Waals surface area (Å²) >= 11 is 0. The molecule has 2 heterocycles. The van der Waals surface area contributed by atoms with E-state index in [4.69, 9.17) is 8.92 Å². The maximum Gasteiger partial charge on any atom is 0.264 e. The van der Waals surface area contributed by atoms with Crippen LogP contribution in [-0.2, 0) is 23.8 Å². The highest BCUT2D eigenvalue weighted by atomic mass is 32.2. The van der Waals surface area contributed by atoms with Crippen molar-refractivity contribution >= 4 is 16.0 Å². The summed E-state index contributed by atoms with van der Waals surface area (Å²) in [4.78, 5) is 13.8. The van der Waals surface area contributed by atoms with Gasteiger partial charge >= 0.3 is 0 Å². The Morgan fingerprint density at radius 2 is 2.11 bits per heavy atom. The van der Waals surface area contributed by atoms with Gasteiger partial charge in [-0.3, -0.25) is 8.98 Å². The highest BCUT2D eigenvalue weighted by Gasteiger charge is 2.57. The van der Waals surface area contributed by atoms with Gasteiger partial charge in [0, 0.05) is 0 Å². The van der Waals surface area contributed by atoms with Gasteiger partial charge in [-0.15, -0.1) is 0 Å². The zero-order chi connectivity index (χ0) is 13.7. The Hall–Kier alpha value is -0.660. The van der Waals surface area contributed by atoms with E-state index in [9.17, 15) is 13.2 Å². The number of hydrogen-bond donors (Lipinski definition) is 0. The maximum atomic E-state index is 12.1. The zero-order valence-corrected chi connectivity index (χ0v) is 11.9. The molecule has 2 fully saturated rings. The second kappa shape index (κ2) is 4.18. The normalized spacial score (nSPS) is 32.7. The fourth-order valence-corrected chi connectivity index (χ4v) is 3.56. The van der Waals surface area contributed by atoms with Gasteiger partial charge in [0.25, 0.3) is 10.1 Å². The van der Waals surface area contributed by atoms with E-state index in [1.165, 1.54) is 0 Å². The number of carbonyl (C=O) groups is 1. The molecule has 0 aromatic heterocycles. The van der Waals surface area contributed by atoms with Gasteiger partial charge in [0.05, 0.1) is 30.9 Å². The second-order valence-electron chi connectivity index (χ2n) is 5.39. The van der Waals surface area contributed by atoms with Gasteiger partial charge in [-0.05, 0) is 27.2 Å². The minimum absolute atomic E-state index is 0.0120. The number of amides is 1. The van der Waals surface area contributed by atoms with Crippen LogP contribution >= 0.6 is 0 Å². The molecule has 1 amide bonds. The Kier molecular flexibility index (Phi) is 3.19. The lowest BCUT2D eigenvalue weighted by atomic mass is 9.79. The SMILES string of the molecule is CC(OS(C)(=O)=O)C1C(=O)N2C1CCOC2(C)C. The van der Waals surface area contributed by atoms with Gasteiger partial charge in [0.1, 0.15) is 5.72 Å². The van der Waals surface area contributed by atoms with E-state index < -0.39 is 21.9 Å². The molecule has 0 radical (unpaired) electrons. The summed E-state index contributed by atoms with van der Waals surface area (Å²) in [6.45, 7) is 5.89. The maximum absolute atomic E-state index is 12.1. The average Bonchev–Trinajstić information content (AvgIpc) is 2.11. The van der Waals surface area contributed by atoms with Gasteiger partial charge in [-0.25, -0.2) is 0 Å². The number of β-lactam (4-membered cyclic amide) rings is 1. The first-order chi connectivity index (χ1) is 8.13. The van der Waals surface area contributed by atoms with E-state index in [0.29, 0.717) is 6.61 Å². The molecular formula is C11H19NO5S. The molecule has 7 heteroatoms. The van der Waals surface area contributed by atoms with Gasteiger partial charge in [0.2, 0.25) is 5.91 Å². The molecule has 2 aliphatic rings. The summed E-state index contributed by atoms with van der Waals surface area (Å²) in [5.41, 5.74) is -0.610. The quantitative estimate of drug-likeness (QED) is 0.549. The summed E-state index contributed by atoms with van der Waals surface area (Å²) < 4.78 is 32.7. The topological polar surface area (TPSA) is 72.9 Å². The van der Waals surface area contributed by atoms with Crippen LogP contribution in [0.5, 0.6) is 0 Å². The molecule has 0 bridgehead atoms. The van der Waals surface area contributed by atoms with Gasteiger partial charge in [-0.1, -0.05) is 0 Å². The molecule has 104 valence electrons. The molecule has 0 aromatic rings. The van der Waals surface area contributed by atoms with Crippen molar-refractivity contribution in [2.75, 3.05) is 12.9 Å².